The summed E-state index contributed by atoms with van der Waals surface area (Å²) in [5.41, 5.74) is 3.72. The highest BCUT2D eigenvalue weighted by Gasteiger charge is 2.19. The number of ether oxygens (including phenoxy) is 1. The van der Waals surface area contributed by atoms with Crippen LogP contribution in [0.4, 0.5) is 4.39 Å². The Morgan fingerprint density at radius 2 is 2.09 bits per heavy atom. The molecule has 0 atom stereocenters. The van der Waals surface area contributed by atoms with Gasteiger partial charge in [0, 0.05) is 17.1 Å². The van der Waals surface area contributed by atoms with Gasteiger partial charge in [-0.05, 0) is 50.6 Å². The van der Waals surface area contributed by atoms with E-state index in [0.29, 0.717) is 23.4 Å². The minimum absolute atomic E-state index is 0.359. The summed E-state index contributed by atoms with van der Waals surface area (Å²) in [5.74, 6) is -0.359. The molecule has 0 fully saturated rings. The Balaban J connectivity index is 2.74. The van der Waals surface area contributed by atoms with E-state index in [4.69, 9.17) is 27.9 Å². The third-order valence-electron chi connectivity index (χ3n) is 3.40. The van der Waals surface area contributed by atoms with Gasteiger partial charge in [0.05, 0.1) is 17.3 Å². The summed E-state index contributed by atoms with van der Waals surface area (Å²) in [4.78, 5) is 2.06. The number of hydrogen-bond donors (Lipinski definition) is 0. The lowest BCUT2D eigenvalue weighted by atomic mass is 10.0. The summed E-state index contributed by atoms with van der Waals surface area (Å²) in [6.07, 6.45) is 3.93. The number of halogens is 3. The largest absolute Gasteiger partial charge is 0.356 e. The van der Waals surface area contributed by atoms with Crippen molar-refractivity contribution in [2.24, 2.45) is 0 Å². The Morgan fingerprint density at radius 3 is 2.70 bits per heavy atom. The fraction of sp³-hybridized carbons (Fsp3) is 0.333. The highest BCUT2D eigenvalue weighted by atomic mass is 35.5. The summed E-state index contributed by atoms with van der Waals surface area (Å²) in [5, 5.41) is 0.979. The van der Waals surface area contributed by atoms with Gasteiger partial charge in [-0.15, -0.1) is 0 Å². The molecule has 0 amide bonds. The van der Waals surface area contributed by atoms with Gasteiger partial charge in [-0.3, -0.25) is 0 Å². The highest BCUT2D eigenvalue weighted by molar-refractivity contribution is 6.32. The van der Waals surface area contributed by atoms with E-state index in [0.717, 1.165) is 29.0 Å². The van der Waals surface area contributed by atoms with Crippen molar-refractivity contribution >= 4 is 28.9 Å². The topological polar surface area (TPSA) is 12.5 Å². The van der Waals surface area contributed by atoms with Crippen LogP contribution in [0.5, 0.6) is 0 Å². The number of benzene rings is 1. The van der Waals surface area contributed by atoms with Crippen LogP contribution in [0.2, 0.25) is 5.02 Å². The van der Waals surface area contributed by atoms with Gasteiger partial charge in [0.15, 0.2) is 0 Å². The maximum absolute atomic E-state index is 13.4. The standard InChI is InChI=1S/C18H20Cl2FNO/c1-4-22-11-23-10-14(19)8-13(7-12(2)3)18(22)16-6-5-15(21)9-17(16)20/h5-9H,4,10-11H2,1-3H3/b14-8+,18-13-. The van der Waals surface area contributed by atoms with Crippen LogP contribution in [0, 0.1) is 5.82 Å². The average Bonchev–Trinajstić information content (AvgIpc) is 2.45. The van der Waals surface area contributed by atoms with Gasteiger partial charge in [-0.1, -0.05) is 34.9 Å². The van der Waals surface area contributed by atoms with E-state index in [1.165, 1.54) is 12.1 Å². The molecule has 0 spiro atoms. The summed E-state index contributed by atoms with van der Waals surface area (Å²) in [6, 6.07) is 4.42. The first-order chi connectivity index (χ1) is 10.9. The second-order valence-corrected chi connectivity index (χ2v) is 6.47. The Labute approximate surface area is 146 Å². The monoisotopic (exact) mass is 355 g/mol. The molecular weight excluding hydrogens is 336 g/mol. The van der Waals surface area contributed by atoms with Crippen LogP contribution in [0.25, 0.3) is 5.70 Å². The van der Waals surface area contributed by atoms with Gasteiger partial charge in [-0.25, -0.2) is 4.39 Å². The van der Waals surface area contributed by atoms with Crippen molar-refractivity contribution in [1.82, 2.24) is 4.90 Å². The molecule has 0 saturated heterocycles. The molecule has 0 bridgehead atoms. The SMILES string of the molecule is CCN1COC/C(Cl)=C\C(C=C(C)C)=C/1c1ccc(F)cc1Cl. The van der Waals surface area contributed by atoms with Crippen LogP contribution in [-0.4, -0.2) is 24.8 Å². The third kappa shape index (κ3) is 4.60. The number of rotatable bonds is 3. The van der Waals surface area contributed by atoms with Gasteiger partial charge in [0.25, 0.3) is 0 Å². The van der Waals surface area contributed by atoms with Crippen LogP contribution in [0.1, 0.15) is 26.3 Å². The molecular formula is C18H20Cl2FNO. The number of nitrogens with zero attached hydrogens (tertiary/aromatic N) is 1. The van der Waals surface area contributed by atoms with Crippen LogP contribution in [-0.2, 0) is 4.74 Å². The second-order valence-electron chi connectivity index (χ2n) is 5.57. The zero-order chi connectivity index (χ0) is 17.0. The lowest BCUT2D eigenvalue weighted by Crippen LogP contribution is -2.27. The zero-order valence-electron chi connectivity index (χ0n) is 13.5. The van der Waals surface area contributed by atoms with E-state index in [9.17, 15) is 4.39 Å². The number of hydrogen-bond acceptors (Lipinski definition) is 2. The molecule has 0 radical (unpaired) electrons. The Morgan fingerprint density at radius 1 is 1.35 bits per heavy atom. The molecule has 0 N–H and O–H groups in total. The van der Waals surface area contributed by atoms with Crippen LogP contribution < -0.4 is 0 Å². The van der Waals surface area contributed by atoms with Gasteiger partial charge >= 0.3 is 0 Å². The molecule has 1 aromatic rings. The van der Waals surface area contributed by atoms with E-state index in [1.807, 2.05) is 32.9 Å². The van der Waals surface area contributed by atoms with Gasteiger partial charge < -0.3 is 9.64 Å². The van der Waals surface area contributed by atoms with Crippen molar-refractivity contribution in [3.05, 3.63) is 62.9 Å². The molecule has 0 aromatic heterocycles. The summed E-state index contributed by atoms with van der Waals surface area (Å²) >= 11 is 12.5. The van der Waals surface area contributed by atoms with Gasteiger partial charge in [-0.2, -0.15) is 0 Å². The minimum Gasteiger partial charge on any atom is -0.356 e. The molecule has 23 heavy (non-hydrogen) atoms. The summed E-state index contributed by atoms with van der Waals surface area (Å²) < 4.78 is 19.0. The summed E-state index contributed by atoms with van der Waals surface area (Å²) in [7, 11) is 0. The quantitative estimate of drug-likeness (QED) is 0.700. The molecule has 2 rings (SSSR count). The van der Waals surface area contributed by atoms with Crippen molar-refractivity contribution in [1.29, 1.82) is 0 Å². The number of allylic oxidation sites excluding steroid dienone is 4. The van der Waals surface area contributed by atoms with E-state index >= 15 is 0 Å². The van der Waals surface area contributed by atoms with Crippen molar-refractivity contribution < 1.29 is 9.13 Å². The van der Waals surface area contributed by atoms with Crippen LogP contribution >= 0.6 is 23.2 Å². The molecule has 0 aliphatic carbocycles. The smallest absolute Gasteiger partial charge is 0.124 e. The lowest BCUT2D eigenvalue weighted by Gasteiger charge is -2.30. The van der Waals surface area contributed by atoms with E-state index < -0.39 is 0 Å². The molecule has 124 valence electrons. The Hall–Kier alpha value is -1.29. The summed E-state index contributed by atoms with van der Waals surface area (Å²) in [6.45, 7) is 7.56. The molecule has 1 aliphatic rings. The average molecular weight is 356 g/mol. The first kappa shape index (κ1) is 18.1. The van der Waals surface area contributed by atoms with E-state index in [-0.39, 0.29) is 5.82 Å². The maximum atomic E-state index is 13.4. The second kappa shape index (κ2) is 8.00. The fourth-order valence-corrected chi connectivity index (χ4v) is 2.91. The first-order valence-electron chi connectivity index (χ1n) is 7.45. The molecule has 0 unspecified atom stereocenters. The van der Waals surface area contributed by atoms with E-state index in [2.05, 4.69) is 4.90 Å². The molecule has 2 nitrogen and oxygen atoms in total. The molecule has 1 aliphatic heterocycles. The molecule has 0 saturated carbocycles. The molecule has 1 heterocycles. The van der Waals surface area contributed by atoms with Crippen molar-refractivity contribution in [2.45, 2.75) is 20.8 Å². The molecule has 1 aromatic carbocycles. The zero-order valence-corrected chi connectivity index (χ0v) is 15.0. The lowest BCUT2D eigenvalue weighted by molar-refractivity contribution is 0.0784. The van der Waals surface area contributed by atoms with Crippen molar-refractivity contribution in [3.63, 3.8) is 0 Å². The normalized spacial score (nSPS) is 21.3. The highest BCUT2D eigenvalue weighted by Crippen LogP contribution is 2.33. The van der Waals surface area contributed by atoms with Gasteiger partial charge in [0.1, 0.15) is 12.5 Å². The van der Waals surface area contributed by atoms with Gasteiger partial charge in [0.2, 0.25) is 0 Å². The molecule has 5 heteroatoms. The fourth-order valence-electron chi connectivity index (χ4n) is 2.46. The van der Waals surface area contributed by atoms with Crippen LogP contribution in [0.15, 0.2) is 46.5 Å². The Bertz CT molecular complexity index is 676. The Kier molecular flexibility index (Phi) is 6.28. The minimum atomic E-state index is -0.359. The first-order valence-corrected chi connectivity index (χ1v) is 8.21. The predicted octanol–water partition coefficient (Wildman–Crippen LogP) is 5.59. The maximum Gasteiger partial charge on any atom is 0.124 e. The van der Waals surface area contributed by atoms with Crippen LogP contribution in [0.3, 0.4) is 0 Å². The predicted molar refractivity (Wildman–Crippen MR) is 94.9 cm³/mol. The van der Waals surface area contributed by atoms with Crippen molar-refractivity contribution in [2.75, 3.05) is 19.9 Å². The van der Waals surface area contributed by atoms with E-state index in [1.54, 1.807) is 6.07 Å². The third-order valence-corrected chi connectivity index (χ3v) is 3.93. The van der Waals surface area contributed by atoms with Crippen molar-refractivity contribution in [3.8, 4) is 0 Å².